The maximum absolute atomic E-state index is 14.2. The van der Waals surface area contributed by atoms with Crippen molar-refractivity contribution in [2.45, 2.75) is 31.7 Å². The van der Waals surface area contributed by atoms with E-state index in [9.17, 15) is 24.8 Å². The number of nitrogens with two attached hydrogens (primary N) is 1. The summed E-state index contributed by atoms with van der Waals surface area (Å²) in [5.74, 6) is -0.696. The fourth-order valence-electron chi connectivity index (χ4n) is 6.25. The van der Waals surface area contributed by atoms with Crippen molar-refractivity contribution in [3.05, 3.63) is 106 Å². The number of benzene rings is 4. The van der Waals surface area contributed by atoms with Crippen LogP contribution in [0.1, 0.15) is 16.7 Å². The average molecular weight is 673 g/mol. The molecule has 4 N–H and O–H groups in total. The molecule has 0 saturated carbocycles. The van der Waals surface area contributed by atoms with Crippen molar-refractivity contribution < 1.29 is 19.5 Å². The number of phenolic OH excluding ortho intramolecular Hbond substituents is 1. The summed E-state index contributed by atoms with van der Waals surface area (Å²) in [4.78, 5) is 44.7. The molecule has 0 unspecified atom stereocenters. The van der Waals surface area contributed by atoms with Crippen molar-refractivity contribution in [2.24, 2.45) is 0 Å². The number of nitrogen functional groups attached to an aromatic ring is 1. The van der Waals surface area contributed by atoms with Crippen LogP contribution in [0.3, 0.4) is 0 Å². The third-order valence-electron chi connectivity index (χ3n) is 8.52. The Hall–Kier alpha value is -5.02. The number of amides is 4. The number of hydrogen-bond donors (Lipinski definition) is 3. The van der Waals surface area contributed by atoms with Crippen molar-refractivity contribution in [2.75, 3.05) is 25.4 Å². The number of rotatable bonds is 8. The molecule has 4 amide bonds. The van der Waals surface area contributed by atoms with E-state index in [4.69, 9.17) is 28.9 Å². The molecule has 2 atom stereocenters. The lowest BCUT2D eigenvalue weighted by Crippen LogP contribution is -2.66. The Morgan fingerprint density at radius 2 is 1.79 bits per heavy atom. The summed E-state index contributed by atoms with van der Waals surface area (Å²) in [6.07, 6.45) is -0.605. The highest BCUT2D eigenvalue weighted by atomic mass is 35.5. The van der Waals surface area contributed by atoms with E-state index in [-0.39, 0.29) is 62.4 Å². The van der Waals surface area contributed by atoms with Gasteiger partial charge in [-0.1, -0.05) is 77.8 Å². The van der Waals surface area contributed by atoms with Gasteiger partial charge < -0.3 is 26.0 Å². The number of hydrogen-bond acceptors (Lipinski definition) is 7. The van der Waals surface area contributed by atoms with Crippen molar-refractivity contribution in [1.29, 1.82) is 5.26 Å². The topological polar surface area (TPSA) is 146 Å². The monoisotopic (exact) mass is 671 g/mol. The summed E-state index contributed by atoms with van der Waals surface area (Å²) in [5.41, 5.74) is 8.40. The molecule has 2 heterocycles. The van der Waals surface area contributed by atoms with E-state index < -0.39 is 18.2 Å². The van der Waals surface area contributed by atoms with Gasteiger partial charge in [0.1, 0.15) is 24.5 Å². The van der Waals surface area contributed by atoms with Gasteiger partial charge in [0.25, 0.3) is 0 Å². The third kappa shape index (κ3) is 6.49. The Balaban J connectivity index is 1.32. The molecule has 11 nitrogen and oxygen atoms in total. The summed E-state index contributed by atoms with van der Waals surface area (Å²) in [7, 11) is 0. The molecule has 47 heavy (non-hydrogen) atoms. The second-order valence-corrected chi connectivity index (χ2v) is 12.3. The van der Waals surface area contributed by atoms with Gasteiger partial charge in [0, 0.05) is 19.5 Å². The van der Waals surface area contributed by atoms with Gasteiger partial charge in [-0.3, -0.25) is 9.59 Å². The molecule has 240 valence electrons. The van der Waals surface area contributed by atoms with E-state index in [1.165, 1.54) is 16.0 Å². The first-order chi connectivity index (χ1) is 22.6. The minimum Gasteiger partial charge on any atom is -0.506 e. The Morgan fingerprint density at radius 1 is 1.02 bits per heavy atom. The van der Waals surface area contributed by atoms with E-state index in [2.05, 4.69) is 5.32 Å². The number of nitrogens with zero attached hydrogens (tertiary/aromatic N) is 5. The van der Waals surface area contributed by atoms with Crippen molar-refractivity contribution >= 4 is 57.5 Å². The van der Waals surface area contributed by atoms with Crippen molar-refractivity contribution in [3.63, 3.8) is 0 Å². The molecule has 4 aromatic carbocycles. The minimum atomic E-state index is -0.923. The fourth-order valence-corrected chi connectivity index (χ4v) is 6.57. The number of carbonyl (C=O) groups excluding carboxylic acids is 3. The molecular weight excluding hydrogens is 641 g/mol. The van der Waals surface area contributed by atoms with E-state index >= 15 is 0 Å². The molecule has 0 aromatic heterocycles. The molecule has 2 aliphatic heterocycles. The number of carbonyl (C=O) groups is 3. The van der Waals surface area contributed by atoms with E-state index in [0.29, 0.717) is 21.2 Å². The van der Waals surface area contributed by atoms with E-state index in [0.717, 1.165) is 16.3 Å². The summed E-state index contributed by atoms with van der Waals surface area (Å²) >= 11 is 12.2. The van der Waals surface area contributed by atoms with Gasteiger partial charge in [-0.05, 0) is 51.7 Å². The number of nitrogens with one attached hydrogen (secondary N) is 1. The van der Waals surface area contributed by atoms with Gasteiger partial charge >= 0.3 is 6.03 Å². The number of nitriles is 1. The van der Waals surface area contributed by atoms with Crippen LogP contribution in [0.5, 0.6) is 5.75 Å². The predicted molar refractivity (Wildman–Crippen MR) is 178 cm³/mol. The molecule has 2 aliphatic rings. The Morgan fingerprint density at radius 3 is 2.55 bits per heavy atom. The number of hydrazine groups is 1. The number of urea groups is 1. The summed E-state index contributed by atoms with van der Waals surface area (Å²) in [5, 5.41) is 28.0. The summed E-state index contributed by atoms with van der Waals surface area (Å²) in [6.45, 7) is -0.0750. The zero-order valence-electron chi connectivity index (χ0n) is 25.1. The van der Waals surface area contributed by atoms with Gasteiger partial charge in [-0.2, -0.15) is 10.3 Å². The number of halogens is 2. The third-order valence-corrected chi connectivity index (χ3v) is 9.26. The lowest BCUT2D eigenvalue weighted by Gasteiger charge is -2.46. The molecule has 13 heteroatoms. The number of piperazine rings is 1. The molecule has 6 rings (SSSR count). The highest BCUT2D eigenvalue weighted by Crippen LogP contribution is 2.32. The number of phenols is 1. The van der Waals surface area contributed by atoms with E-state index in [1.54, 1.807) is 40.2 Å². The molecule has 0 bridgehead atoms. The van der Waals surface area contributed by atoms with Crippen LogP contribution in [0.4, 0.5) is 10.5 Å². The highest BCUT2D eigenvalue weighted by molar-refractivity contribution is 6.42. The first kappa shape index (κ1) is 31.9. The molecule has 4 aromatic rings. The lowest BCUT2D eigenvalue weighted by molar-refractivity contribution is -0.157. The smallest absolute Gasteiger partial charge is 0.333 e. The summed E-state index contributed by atoms with van der Waals surface area (Å²) < 4.78 is 0. The normalized spacial score (nSPS) is 17.9. The maximum atomic E-state index is 14.2. The number of aromatic hydroxyl groups is 1. The minimum absolute atomic E-state index is 0.0818. The second-order valence-electron chi connectivity index (χ2n) is 11.5. The molecule has 2 saturated heterocycles. The second kappa shape index (κ2) is 13.4. The Kier molecular flexibility index (Phi) is 9.09. The highest BCUT2D eigenvalue weighted by Gasteiger charge is 2.52. The molecule has 0 aliphatic carbocycles. The van der Waals surface area contributed by atoms with Crippen molar-refractivity contribution in [3.8, 4) is 11.8 Å². The zero-order chi connectivity index (χ0) is 33.2. The van der Waals surface area contributed by atoms with Crippen LogP contribution in [-0.2, 0) is 29.1 Å². The zero-order valence-corrected chi connectivity index (χ0v) is 26.7. The van der Waals surface area contributed by atoms with Crippen LogP contribution in [0.25, 0.3) is 10.8 Å². The van der Waals surface area contributed by atoms with Gasteiger partial charge in [-0.25, -0.2) is 9.80 Å². The van der Waals surface area contributed by atoms with Crippen molar-refractivity contribution in [1.82, 2.24) is 25.1 Å². The molecule has 2 fully saturated rings. The first-order valence-electron chi connectivity index (χ1n) is 14.9. The largest absolute Gasteiger partial charge is 0.506 e. The average Bonchev–Trinajstić information content (AvgIpc) is 3.38. The van der Waals surface area contributed by atoms with Crippen LogP contribution in [0.2, 0.25) is 10.0 Å². The molecule has 0 spiro atoms. The van der Waals surface area contributed by atoms with E-state index in [1.807, 2.05) is 48.5 Å². The van der Waals surface area contributed by atoms with Crippen LogP contribution in [-0.4, -0.2) is 74.6 Å². The first-order valence-corrected chi connectivity index (χ1v) is 15.7. The van der Waals surface area contributed by atoms with Gasteiger partial charge in [0.15, 0.2) is 0 Å². The van der Waals surface area contributed by atoms with Gasteiger partial charge in [0.05, 0.1) is 34.9 Å². The van der Waals surface area contributed by atoms with Crippen LogP contribution in [0, 0.1) is 11.3 Å². The molecule has 0 radical (unpaired) electrons. The standard InChI is InChI=1S/C34H31Cl2N7O4/c35-26-10-8-22(14-27(26)36)17-39-34(47)41(13-12-37)42-20-32(45)43-29(16-21-9-11-30(44)28(38)15-21)33(46)40(19-31(42)43)18-24-6-3-5-23-4-1-2-7-25(23)24/h1-11,14-15,29,31,44H,13,16-20,38H2,(H,39,47)/t29-,31+/m0/s1. The van der Waals surface area contributed by atoms with Crippen LogP contribution < -0.4 is 11.1 Å². The van der Waals surface area contributed by atoms with Crippen LogP contribution >= 0.6 is 23.2 Å². The SMILES string of the molecule is N#CCN(C(=O)NCc1ccc(Cl)c(Cl)c1)N1CC(=O)N2[C@@H](Cc3ccc(O)c(N)c3)C(=O)N(Cc3cccc4ccccc34)C[C@@H]21. The Labute approximate surface area is 281 Å². The Bertz CT molecular complexity index is 1910. The molecular formula is C34H31Cl2N7O4. The van der Waals surface area contributed by atoms with Gasteiger partial charge in [-0.15, -0.1) is 0 Å². The maximum Gasteiger partial charge on any atom is 0.333 e. The lowest BCUT2D eigenvalue weighted by atomic mass is 9.98. The fraction of sp³-hybridized carbons (Fsp3) is 0.235. The summed E-state index contributed by atoms with van der Waals surface area (Å²) in [6, 6.07) is 24.0. The number of anilines is 1. The quantitative estimate of drug-likeness (QED) is 0.142. The predicted octanol–water partition coefficient (Wildman–Crippen LogP) is 4.51. The van der Waals surface area contributed by atoms with Gasteiger partial charge in [0.2, 0.25) is 11.8 Å². The van der Waals surface area contributed by atoms with Crippen LogP contribution in [0.15, 0.2) is 78.9 Å². The number of fused-ring (bicyclic) bond motifs is 2.